The van der Waals surface area contributed by atoms with Crippen molar-refractivity contribution in [3.8, 4) is 11.4 Å². The fourth-order valence-electron chi connectivity index (χ4n) is 3.43. The van der Waals surface area contributed by atoms with Crippen LogP contribution in [0.4, 0.5) is 10.5 Å². The fourth-order valence-corrected chi connectivity index (χ4v) is 3.43. The highest BCUT2D eigenvalue weighted by atomic mass is 16.6. The quantitative estimate of drug-likeness (QED) is 0.803. The van der Waals surface area contributed by atoms with Crippen molar-refractivity contribution in [2.24, 2.45) is 0 Å². The lowest BCUT2D eigenvalue weighted by Crippen LogP contribution is -2.51. The number of anilines is 1. The Morgan fingerprint density at radius 3 is 2.70 bits per heavy atom. The molecule has 0 radical (unpaired) electrons. The smallest absolute Gasteiger partial charge is 0.410 e. The number of hydrogen-bond donors (Lipinski definition) is 2. The predicted molar refractivity (Wildman–Crippen MR) is 114 cm³/mol. The van der Waals surface area contributed by atoms with Crippen LogP contribution < -0.4 is 10.9 Å². The Hall–Kier alpha value is -3.16. The lowest BCUT2D eigenvalue weighted by Gasteiger charge is -2.35. The Morgan fingerprint density at radius 1 is 1.23 bits per heavy atom. The van der Waals surface area contributed by atoms with Crippen molar-refractivity contribution < 1.29 is 14.3 Å². The zero-order valence-electron chi connectivity index (χ0n) is 17.8. The van der Waals surface area contributed by atoms with Crippen LogP contribution in [0.25, 0.3) is 11.4 Å². The van der Waals surface area contributed by atoms with Crippen molar-refractivity contribution in [3.05, 3.63) is 46.4 Å². The van der Waals surface area contributed by atoms with E-state index in [0.717, 1.165) is 12.8 Å². The summed E-state index contributed by atoms with van der Waals surface area (Å²) < 4.78 is 5.47. The Labute approximate surface area is 175 Å². The number of carbonyl (C=O) groups is 2. The molecule has 8 heteroatoms. The van der Waals surface area contributed by atoms with Gasteiger partial charge in [-0.05, 0) is 59.1 Å². The summed E-state index contributed by atoms with van der Waals surface area (Å²) in [7, 11) is 0. The standard InChI is InChI=1S/C22H28N4O4/c1-14-12-18(27)25-19(23-14)15-8-7-9-16(13-15)24-20(28)17-10-5-6-11-26(17)21(29)30-22(2,3)4/h7-9,12-13,17H,5-6,10-11H2,1-4H3,(H,24,28)(H,23,25,27). The Morgan fingerprint density at radius 2 is 2.00 bits per heavy atom. The predicted octanol–water partition coefficient (Wildman–Crippen LogP) is 3.47. The summed E-state index contributed by atoms with van der Waals surface area (Å²) in [5.41, 5.74) is 1.000. The van der Waals surface area contributed by atoms with Crippen molar-refractivity contribution in [1.29, 1.82) is 0 Å². The van der Waals surface area contributed by atoms with E-state index in [2.05, 4.69) is 15.3 Å². The summed E-state index contributed by atoms with van der Waals surface area (Å²) in [6.45, 7) is 7.65. The second-order valence-electron chi connectivity index (χ2n) is 8.49. The molecule has 1 fully saturated rings. The van der Waals surface area contributed by atoms with Crippen LogP contribution >= 0.6 is 0 Å². The summed E-state index contributed by atoms with van der Waals surface area (Å²) >= 11 is 0. The average molecular weight is 412 g/mol. The van der Waals surface area contributed by atoms with Gasteiger partial charge < -0.3 is 15.0 Å². The number of aromatic nitrogens is 2. The van der Waals surface area contributed by atoms with E-state index in [-0.39, 0.29) is 11.5 Å². The minimum atomic E-state index is -0.623. The number of benzene rings is 1. The summed E-state index contributed by atoms with van der Waals surface area (Å²) in [4.78, 5) is 45.8. The molecular formula is C22H28N4O4. The number of ether oxygens (including phenoxy) is 1. The minimum Gasteiger partial charge on any atom is -0.444 e. The van der Waals surface area contributed by atoms with E-state index in [1.165, 1.54) is 11.0 Å². The summed E-state index contributed by atoms with van der Waals surface area (Å²) in [5.74, 6) is 0.174. The van der Waals surface area contributed by atoms with E-state index < -0.39 is 17.7 Å². The molecule has 1 aliphatic rings. The van der Waals surface area contributed by atoms with Gasteiger partial charge in [-0.25, -0.2) is 9.78 Å². The molecule has 2 N–H and O–H groups in total. The van der Waals surface area contributed by atoms with Gasteiger partial charge in [0.1, 0.15) is 17.5 Å². The molecule has 1 atom stereocenters. The highest BCUT2D eigenvalue weighted by Crippen LogP contribution is 2.23. The van der Waals surface area contributed by atoms with Crippen molar-refractivity contribution >= 4 is 17.7 Å². The van der Waals surface area contributed by atoms with Crippen molar-refractivity contribution in [1.82, 2.24) is 14.9 Å². The number of hydrogen-bond acceptors (Lipinski definition) is 5. The topological polar surface area (TPSA) is 104 Å². The van der Waals surface area contributed by atoms with Crippen molar-refractivity contribution in [2.75, 3.05) is 11.9 Å². The van der Waals surface area contributed by atoms with Crippen LogP contribution in [-0.2, 0) is 9.53 Å². The molecule has 2 amide bonds. The maximum atomic E-state index is 13.0. The SMILES string of the molecule is Cc1cc(=O)[nH]c(-c2cccc(NC(=O)C3CCCCN3C(=O)OC(C)(C)C)c2)n1. The van der Waals surface area contributed by atoms with Gasteiger partial charge in [0.25, 0.3) is 5.56 Å². The molecule has 2 aromatic rings. The van der Waals surface area contributed by atoms with Crippen LogP contribution in [0.15, 0.2) is 35.1 Å². The number of carbonyl (C=O) groups excluding carboxylic acids is 2. The number of aromatic amines is 1. The van der Waals surface area contributed by atoms with Crippen LogP contribution in [0, 0.1) is 6.92 Å². The first-order valence-electron chi connectivity index (χ1n) is 10.1. The largest absolute Gasteiger partial charge is 0.444 e. The van der Waals surface area contributed by atoms with E-state index in [9.17, 15) is 14.4 Å². The van der Waals surface area contributed by atoms with Gasteiger partial charge in [-0.1, -0.05) is 12.1 Å². The number of piperidine rings is 1. The molecule has 0 bridgehead atoms. The first kappa shape index (κ1) is 21.5. The van der Waals surface area contributed by atoms with Crippen molar-refractivity contribution in [2.45, 2.75) is 58.6 Å². The van der Waals surface area contributed by atoms with E-state index >= 15 is 0 Å². The van der Waals surface area contributed by atoms with Gasteiger partial charge in [-0.3, -0.25) is 14.5 Å². The molecule has 3 rings (SSSR count). The van der Waals surface area contributed by atoms with Gasteiger partial charge in [0.15, 0.2) is 0 Å². The van der Waals surface area contributed by atoms with E-state index in [1.54, 1.807) is 52.0 Å². The summed E-state index contributed by atoms with van der Waals surface area (Å²) in [6.07, 6.45) is 1.81. The molecule has 30 heavy (non-hydrogen) atoms. The average Bonchev–Trinajstić information content (AvgIpc) is 2.66. The number of rotatable bonds is 3. The van der Waals surface area contributed by atoms with Gasteiger partial charge >= 0.3 is 6.09 Å². The Kier molecular flexibility index (Phi) is 6.24. The molecule has 160 valence electrons. The van der Waals surface area contributed by atoms with Crippen LogP contribution in [-0.4, -0.2) is 45.1 Å². The van der Waals surface area contributed by atoms with E-state index in [1.807, 2.05) is 0 Å². The number of likely N-dealkylation sites (tertiary alicyclic amines) is 1. The Balaban J connectivity index is 1.77. The fraction of sp³-hybridized carbons (Fsp3) is 0.455. The first-order valence-corrected chi connectivity index (χ1v) is 10.1. The first-order chi connectivity index (χ1) is 14.1. The summed E-state index contributed by atoms with van der Waals surface area (Å²) in [5, 5.41) is 2.89. The van der Waals surface area contributed by atoms with Gasteiger partial charge in [0, 0.05) is 29.6 Å². The molecule has 1 unspecified atom stereocenters. The van der Waals surface area contributed by atoms with Crippen molar-refractivity contribution in [3.63, 3.8) is 0 Å². The van der Waals surface area contributed by atoms with Gasteiger partial charge in [0.05, 0.1) is 0 Å². The maximum Gasteiger partial charge on any atom is 0.410 e. The molecule has 0 saturated carbocycles. The lowest BCUT2D eigenvalue weighted by molar-refractivity contribution is -0.122. The molecular weight excluding hydrogens is 384 g/mol. The van der Waals surface area contributed by atoms with E-state index in [4.69, 9.17) is 4.74 Å². The van der Waals surface area contributed by atoms with Gasteiger partial charge in [-0.2, -0.15) is 0 Å². The van der Waals surface area contributed by atoms with Gasteiger partial charge in [0.2, 0.25) is 5.91 Å². The third kappa shape index (κ3) is 5.46. The lowest BCUT2D eigenvalue weighted by atomic mass is 10.0. The maximum absolute atomic E-state index is 13.0. The molecule has 8 nitrogen and oxygen atoms in total. The van der Waals surface area contributed by atoms with E-state index in [0.29, 0.717) is 35.7 Å². The zero-order valence-corrected chi connectivity index (χ0v) is 17.8. The molecule has 1 aliphatic heterocycles. The second kappa shape index (κ2) is 8.69. The zero-order chi connectivity index (χ0) is 21.9. The molecule has 2 heterocycles. The van der Waals surface area contributed by atoms with Crippen LogP contribution in [0.2, 0.25) is 0 Å². The number of nitrogens with zero attached hydrogens (tertiary/aromatic N) is 2. The molecule has 1 aromatic heterocycles. The number of amides is 2. The normalized spacial score (nSPS) is 16.8. The minimum absolute atomic E-state index is 0.234. The monoisotopic (exact) mass is 412 g/mol. The van der Waals surface area contributed by atoms with Crippen LogP contribution in [0.5, 0.6) is 0 Å². The molecule has 1 saturated heterocycles. The number of H-pyrrole nitrogens is 1. The molecule has 0 aliphatic carbocycles. The Bertz CT molecular complexity index is 993. The number of aryl methyl sites for hydroxylation is 1. The third-order valence-electron chi connectivity index (χ3n) is 4.71. The molecule has 0 spiro atoms. The third-order valence-corrected chi connectivity index (χ3v) is 4.71. The van der Waals surface area contributed by atoms with Crippen LogP contribution in [0.1, 0.15) is 45.7 Å². The van der Waals surface area contributed by atoms with Crippen LogP contribution in [0.3, 0.4) is 0 Å². The number of nitrogens with one attached hydrogen (secondary N) is 2. The second-order valence-corrected chi connectivity index (χ2v) is 8.49. The summed E-state index contributed by atoms with van der Waals surface area (Å²) in [6, 6.07) is 7.92. The highest BCUT2D eigenvalue weighted by molar-refractivity contribution is 5.97. The molecule has 1 aromatic carbocycles. The van der Waals surface area contributed by atoms with Gasteiger partial charge in [-0.15, -0.1) is 0 Å². The highest BCUT2D eigenvalue weighted by Gasteiger charge is 2.34.